The Kier molecular flexibility index (Phi) is 4.55. The number of benzene rings is 3. The quantitative estimate of drug-likeness (QED) is 0.630. The third kappa shape index (κ3) is 3.13. The largest absolute Gasteiger partial charge is 0.478 e. The van der Waals surface area contributed by atoms with Crippen LogP contribution in [0.3, 0.4) is 0 Å². The van der Waals surface area contributed by atoms with Crippen LogP contribution in [-0.2, 0) is 0 Å². The Hall–Kier alpha value is -2.37. The standard InChI is InChI=1S/C18H11BrClNO3/c19-14-6-2-3-11-12(14)4-1-5-13(11)17(22)21-16-9-10(18(23)24)7-8-15(16)20/h1-9H,(H,21,22)(H,23,24). The topological polar surface area (TPSA) is 66.4 Å². The molecular weight excluding hydrogens is 394 g/mol. The summed E-state index contributed by atoms with van der Waals surface area (Å²) in [6.07, 6.45) is 0. The number of nitrogens with one attached hydrogen (secondary N) is 1. The van der Waals surface area contributed by atoms with Crippen LogP contribution in [0.4, 0.5) is 5.69 Å². The number of hydrogen-bond acceptors (Lipinski definition) is 2. The summed E-state index contributed by atoms with van der Waals surface area (Å²) in [5, 5.41) is 13.7. The molecule has 0 unspecified atom stereocenters. The zero-order chi connectivity index (χ0) is 17.3. The van der Waals surface area contributed by atoms with E-state index >= 15 is 0 Å². The minimum atomic E-state index is -1.09. The van der Waals surface area contributed by atoms with Crippen LogP contribution in [0.5, 0.6) is 0 Å². The van der Waals surface area contributed by atoms with Gasteiger partial charge in [0.05, 0.1) is 16.3 Å². The molecule has 0 bridgehead atoms. The van der Waals surface area contributed by atoms with Gasteiger partial charge in [0.1, 0.15) is 0 Å². The van der Waals surface area contributed by atoms with Crippen LogP contribution in [0.15, 0.2) is 59.1 Å². The Morgan fingerprint density at radius 2 is 1.71 bits per heavy atom. The Morgan fingerprint density at radius 1 is 1.00 bits per heavy atom. The van der Waals surface area contributed by atoms with E-state index in [1.165, 1.54) is 18.2 Å². The third-order valence-corrected chi connectivity index (χ3v) is 4.60. The maximum Gasteiger partial charge on any atom is 0.335 e. The molecular formula is C18H11BrClNO3. The predicted molar refractivity (Wildman–Crippen MR) is 98.0 cm³/mol. The first-order chi connectivity index (χ1) is 11.5. The number of fused-ring (bicyclic) bond motifs is 1. The molecule has 0 fully saturated rings. The highest BCUT2D eigenvalue weighted by atomic mass is 79.9. The summed E-state index contributed by atoms with van der Waals surface area (Å²) < 4.78 is 0.889. The lowest BCUT2D eigenvalue weighted by atomic mass is 10.0. The molecule has 0 aliphatic heterocycles. The zero-order valence-electron chi connectivity index (χ0n) is 12.2. The number of carboxylic acid groups (broad SMARTS) is 1. The molecule has 6 heteroatoms. The molecule has 0 aliphatic rings. The average Bonchev–Trinajstić information content (AvgIpc) is 2.56. The van der Waals surface area contributed by atoms with Crippen LogP contribution >= 0.6 is 27.5 Å². The zero-order valence-corrected chi connectivity index (χ0v) is 14.6. The molecule has 0 radical (unpaired) electrons. The van der Waals surface area contributed by atoms with Crippen molar-refractivity contribution < 1.29 is 14.7 Å². The second-order valence-electron chi connectivity index (χ2n) is 5.09. The van der Waals surface area contributed by atoms with Crippen molar-refractivity contribution >= 4 is 55.9 Å². The first-order valence-electron chi connectivity index (χ1n) is 6.99. The number of carbonyl (C=O) groups excluding carboxylic acids is 1. The van der Waals surface area contributed by atoms with Crippen molar-refractivity contribution in [1.82, 2.24) is 0 Å². The Labute approximate surface area is 151 Å². The van der Waals surface area contributed by atoms with Gasteiger partial charge in [-0.2, -0.15) is 0 Å². The Balaban J connectivity index is 2.01. The maximum atomic E-state index is 12.6. The minimum Gasteiger partial charge on any atom is -0.478 e. The molecule has 0 saturated heterocycles. The van der Waals surface area contributed by atoms with Crippen molar-refractivity contribution in [3.8, 4) is 0 Å². The van der Waals surface area contributed by atoms with Crippen molar-refractivity contribution in [3.63, 3.8) is 0 Å². The molecule has 0 spiro atoms. The molecule has 3 aromatic carbocycles. The van der Waals surface area contributed by atoms with Gasteiger partial charge in [-0.25, -0.2) is 4.79 Å². The van der Waals surface area contributed by atoms with Gasteiger partial charge in [-0.05, 0) is 41.1 Å². The summed E-state index contributed by atoms with van der Waals surface area (Å²) in [7, 11) is 0. The minimum absolute atomic E-state index is 0.0513. The molecule has 0 aromatic heterocycles. The summed E-state index contributed by atoms with van der Waals surface area (Å²) in [6, 6.07) is 15.2. The number of carboxylic acids is 1. The molecule has 1 amide bonds. The van der Waals surface area contributed by atoms with Crippen molar-refractivity contribution in [2.24, 2.45) is 0 Å². The molecule has 120 valence electrons. The third-order valence-electron chi connectivity index (χ3n) is 3.58. The maximum absolute atomic E-state index is 12.6. The van der Waals surface area contributed by atoms with Crippen LogP contribution in [-0.4, -0.2) is 17.0 Å². The van der Waals surface area contributed by atoms with Crippen molar-refractivity contribution in [1.29, 1.82) is 0 Å². The Morgan fingerprint density at radius 3 is 2.46 bits per heavy atom. The normalized spacial score (nSPS) is 10.6. The highest BCUT2D eigenvalue weighted by molar-refractivity contribution is 9.10. The van der Waals surface area contributed by atoms with Gasteiger partial charge in [0.2, 0.25) is 0 Å². The predicted octanol–water partition coefficient (Wildman–Crippen LogP) is 5.21. The molecule has 0 heterocycles. The van der Waals surface area contributed by atoms with E-state index < -0.39 is 5.97 Å². The number of amides is 1. The van der Waals surface area contributed by atoms with E-state index in [9.17, 15) is 9.59 Å². The fourth-order valence-electron chi connectivity index (χ4n) is 2.41. The fraction of sp³-hybridized carbons (Fsp3) is 0. The van der Waals surface area contributed by atoms with Gasteiger partial charge in [0.25, 0.3) is 5.91 Å². The highest BCUT2D eigenvalue weighted by Gasteiger charge is 2.14. The number of carbonyl (C=O) groups is 2. The summed E-state index contributed by atoms with van der Waals surface area (Å²) in [4.78, 5) is 23.7. The summed E-state index contributed by atoms with van der Waals surface area (Å²) in [5.74, 6) is -1.45. The van der Waals surface area contributed by atoms with E-state index in [-0.39, 0.29) is 22.2 Å². The lowest BCUT2D eigenvalue weighted by Crippen LogP contribution is -2.13. The van der Waals surface area contributed by atoms with Crippen LogP contribution in [0.1, 0.15) is 20.7 Å². The molecule has 0 atom stereocenters. The highest BCUT2D eigenvalue weighted by Crippen LogP contribution is 2.28. The van der Waals surface area contributed by atoms with Gasteiger partial charge in [-0.1, -0.05) is 51.8 Å². The summed E-state index contributed by atoms with van der Waals surface area (Å²) >= 11 is 9.53. The summed E-state index contributed by atoms with van der Waals surface area (Å²) in [5.41, 5.74) is 0.787. The SMILES string of the molecule is O=C(O)c1ccc(Cl)c(NC(=O)c2cccc3c(Br)cccc23)c1. The number of aromatic carboxylic acids is 1. The summed E-state index contributed by atoms with van der Waals surface area (Å²) in [6.45, 7) is 0. The molecule has 3 aromatic rings. The fourth-order valence-corrected chi connectivity index (χ4v) is 3.08. The Bertz CT molecular complexity index is 972. The van der Waals surface area contributed by atoms with Gasteiger partial charge < -0.3 is 10.4 Å². The molecule has 0 aliphatic carbocycles. The number of hydrogen-bond donors (Lipinski definition) is 2. The first-order valence-corrected chi connectivity index (χ1v) is 8.16. The van der Waals surface area contributed by atoms with Gasteiger partial charge in [0, 0.05) is 10.0 Å². The molecule has 0 saturated carbocycles. The van der Waals surface area contributed by atoms with Gasteiger partial charge in [-0.3, -0.25) is 4.79 Å². The van der Waals surface area contributed by atoms with E-state index in [1.807, 2.05) is 24.3 Å². The lowest BCUT2D eigenvalue weighted by Gasteiger charge is -2.11. The smallest absolute Gasteiger partial charge is 0.335 e. The second kappa shape index (κ2) is 6.63. The van der Waals surface area contributed by atoms with Crippen LogP contribution in [0.2, 0.25) is 5.02 Å². The van der Waals surface area contributed by atoms with Crippen molar-refractivity contribution in [3.05, 3.63) is 75.2 Å². The van der Waals surface area contributed by atoms with E-state index in [0.717, 1.165) is 15.2 Å². The molecule has 24 heavy (non-hydrogen) atoms. The first kappa shape index (κ1) is 16.5. The molecule has 2 N–H and O–H groups in total. The monoisotopic (exact) mass is 403 g/mol. The molecule has 4 nitrogen and oxygen atoms in total. The van der Waals surface area contributed by atoms with Gasteiger partial charge in [0.15, 0.2) is 0 Å². The number of rotatable bonds is 3. The van der Waals surface area contributed by atoms with Gasteiger partial charge >= 0.3 is 5.97 Å². The van der Waals surface area contributed by atoms with Crippen LogP contribution in [0, 0.1) is 0 Å². The van der Waals surface area contributed by atoms with Crippen LogP contribution < -0.4 is 5.32 Å². The van der Waals surface area contributed by atoms with E-state index in [0.29, 0.717) is 5.56 Å². The van der Waals surface area contributed by atoms with E-state index in [4.69, 9.17) is 16.7 Å². The van der Waals surface area contributed by atoms with Crippen molar-refractivity contribution in [2.45, 2.75) is 0 Å². The van der Waals surface area contributed by atoms with E-state index in [2.05, 4.69) is 21.2 Å². The number of halogens is 2. The second-order valence-corrected chi connectivity index (χ2v) is 6.36. The van der Waals surface area contributed by atoms with Crippen molar-refractivity contribution in [2.75, 3.05) is 5.32 Å². The number of anilines is 1. The van der Waals surface area contributed by atoms with Gasteiger partial charge in [-0.15, -0.1) is 0 Å². The average molecular weight is 405 g/mol. The van der Waals surface area contributed by atoms with Crippen LogP contribution in [0.25, 0.3) is 10.8 Å². The van der Waals surface area contributed by atoms with E-state index in [1.54, 1.807) is 12.1 Å². The molecule has 3 rings (SSSR count). The lowest BCUT2D eigenvalue weighted by molar-refractivity contribution is 0.0696.